The molecule has 2 heterocycles. The van der Waals surface area contributed by atoms with E-state index < -0.39 is 21.9 Å². The molecule has 2 aromatic rings. The summed E-state index contributed by atoms with van der Waals surface area (Å²) in [6, 6.07) is 12.9. The number of halogens is 1. The van der Waals surface area contributed by atoms with Gasteiger partial charge < -0.3 is 4.90 Å². The number of anilines is 1. The molecule has 1 saturated heterocycles. The number of carbonyl (C=O) groups excluding carboxylic acids is 1. The molecule has 1 aromatic carbocycles. The highest BCUT2D eigenvalue weighted by molar-refractivity contribution is 7.86. The highest BCUT2D eigenvalue weighted by atomic mass is 32.3. The van der Waals surface area contributed by atoms with Crippen molar-refractivity contribution in [2.75, 3.05) is 17.2 Å². The van der Waals surface area contributed by atoms with Crippen LogP contribution in [0.25, 0.3) is 11.3 Å². The van der Waals surface area contributed by atoms with Gasteiger partial charge in [0.15, 0.2) is 0 Å². The first-order chi connectivity index (χ1) is 10.9. The van der Waals surface area contributed by atoms with Crippen LogP contribution in [0.5, 0.6) is 0 Å². The molecular formula is C16H15FN2O3S. The van der Waals surface area contributed by atoms with Crippen molar-refractivity contribution in [3.63, 3.8) is 0 Å². The molecule has 1 atom stereocenters. The zero-order valence-electron chi connectivity index (χ0n) is 12.2. The zero-order chi connectivity index (χ0) is 16.4. The van der Waals surface area contributed by atoms with E-state index in [0.717, 1.165) is 11.3 Å². The summed E-state index contributed by atoms with van der Waals surface area (Å²) < 4.78 is 34.2. The molecular weight excluding hydrogens is 319 g/mol. The fourth-order valence-corrected chi connectivity index (χ4v) is 3.56. The molecule has 0 aliphatic carbocycles. The molecule has 0 spiro atoms. The monoisotopic (exact) mass is 334 g/mol. The van der Waals surface area contributed by atoms with E-state index in [4.69, 9.17) is 0 Å². The number of pyridine rings is 1. The van der Waals surface area contributed by atoms with Crippen LogP contribution in [-0.4, -0.2) is 31.6 Å². The van der Waals surface area contributed by atoms with Gasteiger partial charge in [0.25, 0.3) is 0 Å². The van der Waals surface area contributed by atoms with Gasteiger partial charge in [-0.1, -0.05) is 18.2 Å². The molecule has 1 unspecified atom stereocenters. The first-order valence-electron chi connectivity index (χ1n) is 7.16. The van der Waals surface area contributed by atoms with Crippen molar-refractivity contribution in [1.29, 1.82) is 0 Å². The summed E-state index contributed by atoms with van der Waals surface area (Å²) in [5.74, 6) is -1.31. The zero-order valence-corrected chi connectivity index (χ0v) is 13.0. The Balaban J connectivity index is 1.76. The van der Waals surface area contributed by atoms with Crippen molar-refractivity contribution in [3.8, 4) is 11.3 Å². The second-order valence-corrected chi connectivity index (χ2v) is 6.95. The van der Waals surface area contributed by atoms with Crippen molar-refractivity contribution in [1.82, 2.24) is 4.98 Å². The van der Waals surface area contributed by atoms with Gasteiger partial charge in [-0.2, -0.15) is 8.42 Å². The van der Waals surface area contributed by atoms with Gasteiger partial charge in [-0.05, 0) is 24.3 Å². The molecule has 7 heteroatoms. The Morgan fingerprint density at radius 2 is 1.91 bits per heavy atom. The molecule has 1 amide bonds. The van der Waals surface area contributed by atoms with Gasteiger partial charge in [0.2, 0.25) is 5.91 Å². The highest BCUT2D eigenvalue weighted by Crippen LogP contribution is 2.28. The lowest BCUT2D eigenvalue weighted by molar-refractivity contribution is -0.117. The number of aromatic nitrogens is 1. The smallest absolute Gasteiger partial charge is 0.302 e. The Hall–Kier alpha value is -2.28. The van der Waals surface area contributed by atoms with Gasteiger partial charge >= 0.3 is 10.2 Å². The number of rotatable bonds is 4. The number of nitrogens with zero attached hydrogens (tertiary/aromatic N) is 2. The first-order valence-corrected chi connectivity index (χ1v) is 8.72. The van der Waals surface area contributed by atoms with Crippen molar-refractivity contribution >= 4 is 21.8 Å². The third-order valence-electron chi connectivity index (χ3n) is 3.78. The second kappa shape index (κ2) is 6.08. The summed E-state index contributed by atoms with van der Waals surface area (Å²) in [5.41, 5.74) is 2.42. The number of amides is 1. The molecule has 120 valence electrons. The Labute approximate surface area is 134 Å². The fraction of sp³-hybridized carbons (Fsp3) is 0.250. The molecule has 0 radical (unpaired) electrons. The molecule has 1 aromatic heterocycles. The molecule has 1 aliphatic heterocycles. The van der Waals surface area contributed by atoms with Gasteiger partial charge in [-0.3, -0.25) is 9.78 Å². The first kappa shape index (κ1) is 15.6. The van der Waals surface area contributed by atoms with Gasteiger partial charge in [0.05, 0.1) is 11.4 Å². The topological polar surface area (TPSA) is 67.3 Å². The van der Waals surface area contributed by atoms with Crippen LogP contribution in [0.4, 0.5) is 9.57 Å². The third kappa shape index (κ3) is 3.73. The van der Waals surface area contributed by atoms with E-state index in [9.17, 15) is 17.1 Å². The van der Waals surface area contributed by atoms with E-state index in [1.54, 1.807) is 18.3 Å². The van der Waals surface area contributed by atoms with E-state index in [0.29, 0.717) is 5.69 Å². The largest absolute Gasteiger partial charge is 0.312 e. The van der Waals surface area contributed by atoms with Crippen molar-refractivity contribution in [2.45, 2.75) is 6.42 Å². The SMILES string of the molecule is O=C1CC(CS(=O)(=O)F)CN1c1ccc(-c2ccccn2)cc1. The van der Waals surface area contributed by atoms with Crippen LogP contribution >= 0.6 is 0 Å². The van der Waals surface area contributed by atoms with Gasteiger partial charge in [-0.25, -0.2) is 0 Å². The second-order valence-electron chi connectivity index (χ2n) is 5.54. The van der Waals surface area contributed by atoms with E-state index in [1.807, 2.05) is 30.3 Å². The van der Waals surface area contributed by atoms with Crippen molar-refractivity contribution in [2.24, 2.45) is 5.92 Å². The molecule has 0 N–H and O–H groups in total. The predicted octanol–water partition coefficient (Wildman–Crippen LogP) is 2.40. The van der Waals surface area contributed by atoms with Gasteiger partial charge in [0.1, 0.15) is 0 Å². The van der Waals surface area contributed by atoms with Crippen LogP contribution in [0, 0.1) is 5.92 Å². The van der Waals surface area contributed by atoms with Gasteiger partial charge in [0, 0.05) is 36.3 Å². The van der Waals surface area contributed by atoms with Crippen LogP contribution in [0.1, 0.15) is 6.42 Å². The van der Waals surface area contributed by atoms with Crippen molar-refractivity contribution < 1.29 is 17.1 Å². The molecule has 0 saturated carbocycles. The minimum absolute atomic E-state index is 0.0468. The molecule has 1 fully saturated rings. The lowest BCUT2D eigenvalue weighted by Gasteiger charge is -2.17. The summed E-state index contributed by atoms with van der Waals surface area (Å²) in [6.07, 6.45) is 1.75. The summed E-state index contributed by atoms with van der Waals surface area (Å²) >= 11 is 0. The fourth-order valence-electron chi connectivity index (χ4n) is 2.77. The molecule has 23 heavy (non-hydrogen) atoms. The van der Waals surface area contributed by atoms with E-state index in [-0.39, 0.29) is 18.9 Å². The third-order valence-corrected chi connectivity index (χ3v) is 4.65. The van der Waals surface area contributed by atoms with Gasteiger partial charge in [-0.15, -0.1) is 3.89 Å². The Bertz CT molecular complexity index is 807. The lowest BCUT2D eigenvalue weighted by Crippen LogP contribution is -2.25. The van der Waals surface area contributed by atoms with E-state index >= 15 is 0 Å². The molecule has 0 bridgehead atoms. The Morgan fingerprint density at radius 3 is 2.52 bits per heavy atom. The molecule has 3 rings (SSSR count). The minimum Gasteiger partial charge on any atom is -0.312 e. The number of carbonyl (C=O) groups is 1. The van der Waals surface area contributed by atoms with Crippen LogP contribution in [0.15, 0.2) is 48.7 Å². The highest BCUT2D eigenvalue weighted by Gasteiger charge is 2.33. The van der Waals surface area contributed by atoms with Crippen LogP contribution in [0.3, 0.4) is 0 Å². The Kier molecular flexibility index (Phi) is 4.12. The van der Waals surface area contributed by atoms with Crippen molar-refractivity contribution in [3.05, 3.63) is 48.7 Å². The number of benzene rings is 1. The molecule has 5 nitrogen and oxygen atoms in total. The van der Waals surface area contributed by atoms with Crippen LogP contribution < -0.4 is 4.90 Å². The summed E-state index contributed by atoms with van der Waals surface area (Å²) in [5, 5.41) is 0. The normalized spacial score (nSPS) is 18.4. The van der Waals surface area contributed by atoms with E-state index in [1.165, 1.54) is 4.90 Å². The predicted molar refractivity (Wildman–Crippen MR) is 85.0 cm³/mol. The lowest BCUT2D eigenvalue weighted by atomic mass is 10.1. The standard InChI is InChI=1S/C16H15FN2O3S/c17-23(21,22)11-12-9-16(20)19(10-12)14-6-4-13(5-7-14)15-3-1-2-8-18-15/h1-8,12H,9-11H2. The molecule has 1 aliphatic rings. The van der Waals surface area contributed by atoms with E-state index in [2.05, 4.69) is 4.98 Å². The summed E-state index contributed by atoms with van der Waals surface area (Å²) in [6.45, 7) is 0.213. The maximum atomic E-state index is 12.8. The summed E-state index contributed by atoms with van der Waals surface area (Å²) in [7, 11) is -4.57. The average molecular weight is 334 g/mol. The Morgan fingerprint density at radius 1 is 1.17 bits per heavy atom. The van der Waals surface area contributed by atoms with Crippen LogP contribution in [-0.2, 0) is 15.0 Å². The minimum atomic E-state index is -4.57. The number of hydrogen-bond donors (Lipinski definition) is 0. The maximum Gasteiger partial charge on any atom is 0.302 e. The maximum absolute atomic E-state index is 12.8. The van der Waals surface area contributed by atoms with Crippen LogP contribution in [0.2, 0.25) is 0 Å². The quantitative estimate of drug-likeness (QED) is 0.805. The average Bonchev–Trinajstić information content (AvgIpc) is 2.87. The number of hydrogen-bond acceptors (Lipinski definition) is 4. The summed E-state index contributed by atoms with van der Waals surface area (Å²) in [4.78, 5) is 17.8.